The summed E-state index contributed by atoms with van der Waals surface area (Å²) in [6.45, 7) is 0. The molecule has 0 N–H and O–H groups in total. The van der Waals surface area contributed by atoms with Crippen LogP contribution < -0.4 is 21.9 Å². The highest BCUT2D eigenvalue weighted by Gasteiger charge is 2.53. The van der Waals surface area contributed by atoms with Crippen LogP contribution in [0.5, 0.6) is 11.5 Å². The van der Waals surface area contributed by atoms with Gasteiger partial charge in [0, 0.05) is 12.1 Å². The summed E-state index contributed by atoms with van der Waals surface area (Å²) in [5.41, 5.74) is 17.1. The number of para-hydroxylation sites is 2. The molecule has 9 aromatic rings. The van der Waals surface area contributed by atoms with Crippen molar-refractivity contribution < 1.29 is 8.57 Å². The molecular formula is C60H48B2O2. The van der Waals surface area contributed by atoms with Gasteiger partial charge in [0.05, 0.1) is 11.1 Å². The maximum atomic E-state index is 3.76. The van der Waals surface area contributed by atoms with Crippen molar-refractivity contribution >= 4 is 56.6 Å². The van der Waals surface area contributed by atoms with E-state index in [4.69, 9.17) is 0 Å². The highest BCUT2D eigenvalue weighted by atomic mass is 16.6. The van der Waals surface area contributed by atoms with E-state index in [-0.39, 0.29) is 0 Å². The average molecular weight is 823 g/mol. The molecule has 0 aliphatic carbocycles. The summed E-state index contributed by atoms with van der Waals surface area (Å²) in [6, 6.07) is 93.6. The second-order valence-corrected chi connectivity index (χ2v) is 17.2. The molecule has 2 nitrogen and oxygen atoms in total. The van der Waals surface area contributed by atoms with E-state index >= 15 is 0 Å². The molecule has 9 aromatic carbocycles. The van der Waals surface area contributed by atoms with Crippen LogP contribution in [0, 0.1) is 0 Å². The van der Waals surface area contributed by atoms with Gasteiger partial charge in [0.25, 0.3) is 0 Å². The van der Waals surface area contributed by atoms with E-state index < -0.39 is 12.7 Å². The Hall–Kier alpha value is -7.81. The van der Waals surface area contributed by atoms with Crippen molar-refractivity contribution in [2.24, 2.45) is 0 Å². The molecular weight excluding hydrogens is 774 g/mol. The van der Waals surface area contributed by atoms with Gasteiger partial charge in [-0.3, -0.25) is 0 Å². The van der Waals surface area contributed by atoms with Gasteiger partial charge in [-0.1, -0.05) is 253 Å². The molecule has 0 aromatic heterocycles. The molecule has 2 heterocycles. The zero-order valence-electron chi connectivity index (χ0n) is 36.2. The monoisotopic (exact) mass is 822 g/mol. The fourth-order valence-electron chi connectivity index (χ4n) is 11.5. The molecule has 0 fully saturated rings. The van der Waals surface area contributed by atoms with Gasteiger partial charge in [0.15, 0.2) is 0 Å². The third-order valence-electron chi connectivity index (χ3n) is 14.1. The summed E-state index contributed by atoms with van der Waals surface area (Å²) in [7, 11) is 4.42. The van der Waals surface area contributed by atoms with Crippen LogP contribution in [0.1, 0.15) is 33.4 Å². The first-order valence-corrected chi connectivity index (χ1v) is 22.4. The first kappa shape index (κ1) is 39.1. The van der Waals surface area contributed by atoms with E-state index in [0.717, 1.165) is 11.5 Å². The number of rotatable bonds is 8. The molecule has 0 unspecified atom stereocenters. The maximum absolute atomic E-state index is 3.76. The third kappa shape index (κ3) is 5.97. The van der Waals surface area contributed by atoms with E-state index in [0.29, 0.717) is 0 Å². The van der Waals surface area contributed by atoms with Crippen LogP contribution in [0.4, 0.5) is 0 Å². The quantitative estimate of drug-likeness (QED) is 0.106. The molecule has 0 radical (unpaired) electrons. The van der Waals surface area contributed by atoms with E-state index in [2.05, 4.69) is 278 Å². The van der Waals surface area contributed by atoms with Crippen LogP contribution in [0.15, 0.2) is 255 Å². The molecule has 0 saturated heterocycles. The van der Waals surface area contributed by atoms with Crippen molar-refractivity contribution in [2.75, 3.05) is 14.2 Å². The molecule has 2 aliphatic rings. The minimum atomic E-state index is -1.78. The predicted molar refractivity (Wildman–Crippen MR) is 273 cm³/mol. The van der Waals surface area contributed by atoms with Gasteiger partial charge in [0.2, 0.25) is 11.5 Å². The standard InChI is InChI=1S/C60H48B2O2/c1-63-55-39-23-21-37-53(55)57(59(47-25-9-3-10-26-47)61(63,49-29-13-5-14-30-49)50-31-15-6-16-32-50)45-41-43-46(44-42-45)58-54-38-22-24-40-56(54)64(2)62(51-33-17-7-18-34-51,52-35-19-8-20-36-52)60(58)48-27-11-4-12-28-48/h3-44H,1-2H3. The van der Waals surface area contributed by atoms with E-state index in [9.17, 15) is 0 Å². The number of hydrogen-bond acceptors (Lipinski definition) is 0. The van der Waals surface area contributed by atoms with Crippen molar-refractivity contribution in [2.45, 2.75) is 0 Å². The van der Waals surface area contributed by atoms with Crippen LogP contribution in [-0.4, -0.2) is 26.9 Å². The van der Waals surface area contributed by atoms with Crippen LogP contribution in [0.25, 0.3) is 22.1 Å². The lowest BCUT2D eigenvalue weighted by Crippen LogP contribution is -2.66. The van der Waals surface area contributed by atoms with Crippen molar-refractivity contribution in [3.05, 3.63) is 288 Å². The molecule has 11 rings (SSSR count). The second kappa shape index (κ2) is 16.1. The largest absolute Gasteiger partial charge is 0.810 e. The molecule has 0 bridgehead atoms. The highest BCUT2D eigenvalue weighted by Crippen LogP contribution is 2.54. The number of hydrogen-bond donors (Lipinski definition) is 0. The van der Waals surface area contributed by atoms with Crippen molar-refractivity contribution in [1.29, 1.82) is 0 Å². The Morgan fingerprint density at radius 3 is 0.797 bits per heavy atom. The number of benzene rings is 9. The minimum Gasteiger partial charge on any atom is -0.810 e. The summed E-state index contributed by atoms with van der Waals surface area (Å²) in [5.74, 6) is 2.25. The second-order valence-electron chi connectivity index (χ2n) is 17.2. The summed E-state index contributed by atoms with van der Waals surface area (Å²) >= 11 is 0. The zero-order chi connectivity index (χ0) is 43.1. The normalized spacial score (nSPS) is 15.1. The third-order valence-corrected chi connectivity index (χ3v) is 14.1. The van der Waals surface area contributed by atoms with E-state index in [1.54, 1.807) is 0 Å². The Kier molecular flexibility index (Phi) is 9.86. The fraction of sp³-hybridized carbons (Fsp3) is 0.0333. The summed E-state index contributed by atoms with van der Waals surface area (Å²) in [6.07, 6.45) is -3.55. The van der Waals surface area contributed by atoms with Gasteiger partial charge >= 0.3 is 12.7 Å². The Morgan fingerprint density at radius 1 is 0.250 bits per heavy atom. The van der Waals surface area contributed by atoms with Gasteiger partial charge < -0.3 is 8.57 Å². The SMILES string of the molecule is C[O+]1c2ccccc2C(c2ccc(C3=C(c4ccccc4)[B-](c4ccccc4)(c4ccccc4)[O+](C)c4ccccc43)cc2)=C(c2ccccc2)[B-]1(c1ccccc1)c1ccccc1. The Morgan fingerprint density at radius 2 is 0.500 bits per heavy atom. The van der Waals surface area contributed by atoms with Gasteiger partial charge in [-0.2, -0.15) is 0 Å². The molecule has 4 heteroatoms. The van der Waals surface area contributed by atoms with Crippen LogP contribution in [-0.2, 0) is 8.57 Å². The Bertz CT molecular complexity index is 2850. The molecule has 0 spiro atoms. The van der Waals surface area contributed by atoms with Crippen molar-refractivity contribution in [1.82, 2.24) is 0 Å². The summed E-state index contributed by atoms with van der Waals surface area (Å²) in [4.78, 5) is 0. The summed E-state index contributed by atoms with van der Waals surface area (Å²) < 4.78 is 7.51. The van der Waals surface area contributed by atoms with Gasteiger partial charge in [0.1, 0.15) is 14.2 Å². The molecule has 0 atom stereocenters. The predicted octanol–water partition coefficient (Wildman–Crippen LogP) is 12.0. The lowest BCUT2D eigenvalue weighted by molar-refractivity contribution is 0.173. The highest BCUT2D eigenvalue weighted by molar-refractivity contribution is 7.13. The topological polar surface area (TPSA) is 5.40 Å². The van der Waals surface area contributed by atoms with E-state index in [1.807, 2.05) is 0 Å². The minimum absolute atomic E-state index is 1.13. The molecule has 2 aliphatic heterocycles. The maximum Gasteiger partial charge on any atom is 0.415 e. The fourth-order valence-corrected chi connectivity index (χ4v) is 11.5. The van der Waals surface area contributed by atoms with Crippen LogP contribution >= 0.6 is 0 Å². The van der Waals surface area contributed by atoms with Crippen LogP contribution in [0.3, 0.4) is 0 Å². The Balaban J connectivity index is 1.24. The lowest BCUT2D eigenvalue weighted by atomic mass is 9.25. The summed E-state index contributed by atoms with van der Waals surface area (Å²) in [5, 5.41) is 0. The molecule has 64 heavy (non-hydrogen) atoms. The average Bonchev–Trinajstić information content (AvgIpc) is 3.38. The van der Waals surface area contributed by atoms with Crippen molar-refractivity contribution in [3.63, 3.8) is 0 Å². The zero-order valence-corrected chi connectivity index (χ0v) is 36.2. The molecule has 0 saturated carbocycles. The Labute approximate surface area is 377 Å². The first-order valence-electron chi connectivity index (χ1n) is 22.4. The van der Waals surface area contributed by atoms with Gasteiger partial charge in [-0.15, -0.1) is 21.9 Å². The number of fused-ring (bicyclic) bond motifs is 2. The molecule has 0 amide bonds. The van der Waals surface area contributed by atoms with Crippen LogP contribution in [0.2, 0.25) is 0 Å². The van der Waals surface area contributed by atoms with E-state index in [1.165, 1.54) is 77.3 Å². The molecule has 306 valence electrons. The van der Waals surface area contributed by atoms with Gasteiger partial charge in [-0.05, 0) is 34.4 Å². The van der Waals surface area contributed by atoms with Gasteiger partial charge in [-0.25, -0.2) is 0 Å². The smallest absolute Gasteiger partial charge is 0.415 e. The van der Waals surface area contributed by atoms with Crippen molar-refractivity contribution in [3.8, 4) is 11.5 Å². The first-order chi connectivity index (χ1) is 31.6. The lowest BCUT2D eigenvalue weighted by Gasteiger charge is -2.55.